The minimum Gasteiger partial charge on any atom is -0.396 e. The van der Waals surface area contributed by atoms with E-state index in [1.165, 1.54) is 6.42 Å². The molecule has 0 aliphatic carbocycles. The lowest BCUT2D eigenvalue weighted by molar-refractivity contribution is -0.0686. The summed E-state index contributed by atoms with van der Waals surface area (Å²) in [6.07, 6.45) is 3.41. The first-order chi connectivity index (χ1) is 11.6. The third-order valence-electron chi connectivity index (χ3n) is 6.19. The van der Waals surface area contributed by atoms with Crippen molar-refractivity contribution in [2.45, 2.75) is 31.8 Å². The van der Waals surface area contributed by atoms with Gasteiger partial charge in [-0.15, -0.1) is 0 Å². The Morgan fingerprint density at radius 1 is 1.29 bits per heavy atom. The summed E-state index contributed by atoms with van der Waals surface area (Å²) in [7, 11) is 2.20. The molecule has 1 aromatic heterocycles. The molecule has 4 nitrogen and oxygen atoms in total. The minimum atomic E-state index is 0.0910. The Morgan fingerprint density at radius 2 is 2.12 bits per heavy atom. The SMILES string of the molecule is CN1CCC[C@]2(CO)CCN(Cc3[nH]c4ccccc4c3Cl)C[C@@H]12. The van der Waals surface area contributed by atoms with Gasteiger partial charge < -0.3 is 15.0 Å². The molecular weight excluding hydrogens is 322 g/mol. The zero-order chi connectivity index (χ0) is 16.7. The monoisotopic (exact) mass is 347 g/mol. The van der Waals surface area contributed by atoms with E-state index in [0.717, 1.165) is 60.6 Å². The number of likely N-dealkylation sites (N-methyl/N-ethyl adjacent to an activating group) is 1. The lowest BCUT2D eigenvalue weighted by Crippen LogP contribution is -2.61. The summed E-state index contributed by atoms with van der Waals surface area (Å²) >= 11 is 6.59. The van der Waals surface area contributed by atoms with Crippen molar-refractivity contribution < 1.29 is 5.11 Å². The number of rotatable bonds is 3. The number of aromatic amines is 1. The van der Waals surface area contributed by atoms with Gasteiger partial charge >= 0.3 is 0 Å². The van der Waals surface area contributed by atoms with Gasteiger partial charge in [0, 0.05) is 41.1 Å². The second-order valence-electron chi connectivity index (χ2n) is 7.57. The van der Waals surface area contributed by atoms with E-state index in [9.17, 15) is 5.11 Å². The molecule has 0 amide bonds. The molecule has 2 N–H and O–H groups in total. The Bertz CT molecular complexity index is 730. The topological polar surface area (TPSA) is 42.5 Å². The Balaban J connectivity index is 1.54. The minimum absolute atomic E-state index is 0.0910. The maximum Gasteiger partial charge on any atom is 0.0705 e. The quantitative estimate of drug-likeness (QED) is 0.896. The summed E-state index contributed by atoms with van der Waals surface area (Å²) in [6, 6.07) is 8.64. The van der Waals surface area contributed by atoms with Crippen LogP contribution in [-0.4, -0.2) is 59.2 Å². The number of benzene rings is 1. The molecular formula is C19H26ClN3O. The van der Waals surface area contributed by atoms with Crippen LogP contribution in [0.25, 0.3) is 10.9 Å². The van der Waals surface area contributed by atoms with Crippen molar-refractivity contribution in [3.8, 4) is 0 Å². The Morgan fingerprint density at radius 3 is 2.92 bits per heavy atom. The largest absolute Gasteiger partial charge is 0.396 e. The van der Waals surface area contributed by atoms with E-state index in [4.69, 9.17) is 11.6 Å². The summed E-state index contributed by atoms with van der Waals surface area (Å²) in [5, 5.41) is 12.0. The molecule has 2 aromatic rings. The van der Waals surface area contributed by atoms with Crippen LogP contribution in [0.5, 0.6) is 0 Å². The van der Waals surface area contributed by atoms with Crippen LogP contribution in [0.2, 0.25) is 5.02 Å². The molecule has 0 saturated carbocycles. The van der Waals surface area contributed by atoms with E-state index in [2.05, 4.69) is 34.0 Å². The van der Waals surface area contributed by atoms with Crippen LogP contribution in [0.3, 0.4) is 0 Å². The number of H-pyrrole nitrogens is 1. The fraction of sp³-hybridized carbons (Fsp3) is 0.579. The summed E-state index contributed by atoms with van der Waals surface area (Å²) in [4.78, 5) is 8.41. The number of hydrogen-bond acceptors (Lipinski definition) is 3. The van der Waals surface area contributed by atoms with Crippen molar-refractivity contribution in [3.05, 3.63) is 35.0 Å². The third kappa shape index (κ3) is 2.66. The summed E-state index contributed by atoms with van der Waals surface area (Å²) in [6.45, 7) is 4.31. The van der Waals surface area contributed by atoms with Crippen LogP contribution in [-0.2, 0) is 6.54 Å². The average Bonchev–Trinajstić information content (AvgIpc) is 2.92. The van der Waals surface area contributed by atoms with Crippen molar-refractivity contribution >= 4 is 22.5 Å². The number of halogens is 1. The smallest absolute Gasteiger partial charge is 0.0705 e. The number of aromatic nitrogens is 1. The van der Waals surface area contributed by atoms with E-state index in [-0.39, 0.29) is 5.41 Å². The molecule has 130 valence electrons. The first kappa shape index (κ1) is 16.4. The highest BCUT2D eigenvalue weighted by Gasteiger charge is 2.46. The maximum atomic E-state index is 10.0. The van der Waals surface area contributed by atoms with Crippen molar-refractivity contribution in [2.24, 2.45) is 5.41 Å². The average molecular weight is 348 g/mol. The first-order valence-electron chi connectivity index (χ1n) is 8.91. The summed E-state index contributed by atoms with van der Waals surface area (Å²) in [5.74, 6) is 0. The number of aliphatic hydroxyl groups is 1. The van der Waals surface area contributed by atoms with Gasteiger partial charge in [0.15, 0.2) is 0 Å². The van der Waals surface area contributed by atoms with Gasteiger partial charge in [-0.2, -0.15) is 0 Å². The Hall–Kier alpha value is -1.07. The number of fused-ring (bicyclic) bond motifs is 2. The van der Waals surface area contributed by atoms with E-state index in [1.54, 1.807) is 0 Å². The fourth-order valence-corrected chi connectivity index (χ4v) is 4.99. The predicted octanol–water partition coefficient (Wildman–Crippen LogP) is 3.10. The standard InChI is InChI=1S/C19H26ClN3O/c1-22-9-4-7-19(13-24)8-10-23(12-17(19)22)11-16-18(20)14-5-2-3-6-15(14)21-16/h2-3,5-6,17,21,24H,4,7-13H2,1H3/t17-,19-/m1/s1. The van der Waals surface area contributed by atoms with E-state index in [1.807, 2.05) is 12.1 Å². The molecule has 5 heteroatoms. The van der Waals surface area contributed by atoms with Gasteiger partial charge in [0.2, 0.25) is 0 Å². The highest BCUT2D eigenvalue weighted by molar-refractivity contribution is 6.36. The van der Waals surface area contributed by atoms with Crippen molar-refractivity contribution in [3.63, 3.8) is 0 Å². The zero-order valence-corrected chi connectivity index (χ0v) is 15.0. The molecule has 0 bridgehead atoms. The number of aliphatic hydroxyl groups excluding tert-OH is 1. The molecule has 0 radical (unpaired) electrons. The first-order valence-corrected chi connectivity index (χ1v) is 9.29. The third-order valence-corrected chi connectivity index (χ3v) is 6.62. The number of hydrogen-bond donors (Lipinski definition) is 2. The Labute approximate surface area is 148 Å². The molecule has 3 heterocycles. The maximum absolute atomic E-state index is 10.0. The fourth-order valence-electron chi connectivity index (χ4n) is 4.71. The van der Waals surface area contributed by atoms with Gasteiger partial charge in [-0.05, 0) is 45.5 Å². The molecule has 4 rings (SSSR count). The second-order valence-corrected chi connectivity index (χ2v) is 7.95. The van der Waals surface area contributed by atoms with E-state index >= 15 is 0 Å². The molecule has 2 saturated heterocycles. The highest BCUT2D eigenvalue weighted by atomic mass is 35.5. The normalized spacial score (nSPS) is 29.0. The van der Waals surface area contributed by atoms with Gasteiger partial charge in [-0.25, -0.2) is 0 Å². The predicted molar refractivity (Wildman–Crippen MR) is 98.4 cm³/mol. The van der Waals surface area contributed by atoms with E-state index in [0.29, 0.717) is 12.6 Å². The van der Waals surface area contributed by atoms with Gasteiger partial charge in [0.25, 0.3) is 0 Å². The highest BCUT2D eigenvalue weighted by Crippen LogP contribution is 2.42. The summed E-state index contributed by atoms with van der Waals surface area (Å²) < 4.78 is 0. The molecule has 2 aliphatic heterocycles. The van der Waals surface area contributed by atoms with Crippen LogP contribution in [0, 0.1) is 5.41 Å². The molecule has 2 aliphatic rings. The van der Waals surface area contributed by atoms with Gasteiger partial charge in [0.1, 0.15) is 0 Å². The molecule has 0 unspecified atom stereocenters. The van der Waals surface area contributed by atoms with Crippen molar-refractivity contribution in [1.29, 1.82) is 0 Å². The molecule has 0 spiro atoms. The number of likely N-dealkylation sites (tertiary alicyclic amines) is 2. The van der Waals surface area contributed by atoms with Crippen LogP contribution in [0.15, 0.2) is 24.3 Å². The van der Waals surface area contributed by atoms with Gasteiger partial charge in [0.05, 0.1) is 11.6 Å². The number of piperidine rings is 2. The van der Waals surface area contributed by atoms with Crippen LogP contribution >= 0.6 is 11.6 Å². The van der Waals surface area contributed by atoms with Crippen LogP contribution in [0.4, 0.5) is 0 Å². The van der Waals surface area contributed by atoms with E-state index < -0.39 is 0 Å². The second kappa shape index (κ2) is 6.34. The lowest BCUT2D eigenvalue weighted by Gasteiger charge is -2.53. The molecule has 24 heavy (non-hydrogen) atoms. The van der Waals surface area contributed by atoms with Crippen LogP contribution < -0.4 is 0 Å². The number of nitrogens with zero attached hydrogens (tertiary/aromatic N) is 2. The van der Waals surface area contributed by atoms with Crippen molar-refractivity contribution in [2.75, 3.05) is 33.3 Å². The zero-order valence-electron chi connectivity index (χ0n) is 14.3. The summed E-state index contributed by atoms with van der Waals surface area (Å²) in [5.41, 5.74) is 2.30. The molecule has 1 aromatic carbocycles. The number of nitrogens with one attached hydrogen (secondary N) is 1. The van der Waals surface area contributed by atoms with Gasteiger partial charge in [-0.1, -0.05) is 29.8 Å². The molecule has 2 fully saturated rings. The van der Waals surface area contributed by atoms with Gasteiger partial charge in [-0.3, -0.25) is 4.90 Å². The molecule has 2 atom stereocenters. The van der Waals surface area contributed by atoms with Crippen LogP contribution in [0.1, 0.15) is 25.0 Å². The lowest BCUT2D eigenvalue weighted by atomic mass is 9.69. The number of para-hydroxylation sites is 1. The van der Waals surface area contributed by atoms with Crippen molar-refractivity contribution in [1.82, 2.24) is 14.8 Å². The Kier molecular flexibility index (Phi) is 4.33.